The standard InChI is InChI=1S/C20H25N5O2S/c1-13(2)25-17(23-24-20(25)28)10-11-21-18(26)8-9-19-22-12-16(27-19)15-6-4-14(3)5-7-15/h4-7,12-13H,8-11H2,1-3H3,(H,21,26)(H,24,28). The van der Waals surface area contributed by atoms with E-state index in [1.165, 1.54) is 5.56 Å². The number of aryl methyl sites for hydroxylation is 2. The van der Waals surface area contributed by atoms with Gasteiger partial charge in [-0.2, -0.15) is 5.10 Å². The first-order chi connectivity index (χ1) is 13.4. The highest BCUT2D eigenvalue weighted by molar-refractivity contribution is 7.71. The van der Waals surface area contributed by atoms with E-state index in [9.17, 15) is 4.79 Å². The van der Waals surface area contributed by atoms with Crippen LogP contribution in [0.2, 0.25) is 0 Å². The summed E-state index contributed by atoms with van der Waals surface area (Å²) in [6.07, 6.45) is 3.10. The van der Waals surface area contributed by atoms with Crippen LogP contribution in [0.1, 0.15) is 43.6 Å². The third kappa shape index (κ3) is 4.95. The molecule has 2 heterocycles. The van der Waals surface area contributed by atoms with E-state index in [1.54, 1.807) is 6.20 Å². The summed E-state index contributed by atoms with van der Waals surface area (Å²) in [5.74, 6) is 2.08. The Morgan fingerprint density at radius 3 is 2.75 bits per heavy atom. The zero-order valence-electron chi connectivity index (χ0n) is 16.4. The van der Waals surface area contributed by atoms with Crippen molar-refractivity contribution in [2.24, 2.45) is 0 Å². The van der Waals surface area contributed by atoms with Crippen molar-refractivity contribution in [3.63, 3.8) is 0 Å². The predicted molar refractivity (Wildman–Crippen MR) is 110 cm³/mol. The van der Waals surface area contributed by atoms with Crippen LogP contribution in [-0.2, 0) is 17.6 Å². The molecule has 0 unspecified atom stereocenters. The Kier molecular flexibility index (Phi) is 6.41. The summed E-state index contributed by atoms with van der Waals surface area (Å²) in [6.45, 7) is 6.65. The monoisotopic (exact) mass is 399 g/mol. The van der Waals surface area contributed by atoms with E-state index in [2.05, 4.69) is 34.3 Å². The maximum Gasteiger partial charge on any atom is 0.220 e. The smallest absolute Gasteiger partial charge is 0.220 e. The molecule has 0 radical (unpaired) electrons. The van der Waals surface area contributed by atoms with Crippen LogP contribution in [0, 0.1) is 11.7 Å². The van der Waals surface area contributed by atoms with Crippen LogP contribution in [0.15, 0.2) is 34.9 Å². The molecule has 1 aromatic carbocycles. The molecule has 0 atom stereocenters. The van der Waals surface area contributed by atoms with Crippen molar-refractivity contribution in [2.45, 2.75) is 46.1 Å². The van der Waals surface area contributed by atoms with Crippen molar-refractivity contribution in [1.29, 1.82) is 0 Å². The van der Waals surface area contributed by atoms with Gasteiger partial charge in [0.05, 0.1) is 6.20 Å². The number of aromatic amines is 1. The van der Waals surface area contributed by atoms with Crippen molar-refractivity contribution in [1.82, 2.24) is 25.1 Å². The number of H-pyrrole nitrogens is 1. The van der Waals surface area contributed by atoms with Crippen molar-refractivity contribution in [3.05, 3.63) is 52.5 Å². The molecule has 0 fully saturated rings. The van der Waals surface area contributed by atoms with Gasteiger partial charge in [-0.25, -0.2) is 4.98 Å². The highest BCUT2D eigenvalue weighted by atomic mass is 32.1. The summed E-state index contributed by atoms with van der Waals surface area (Å²) in [5.41, 5.74) is 2.17. The summed E-state index contributed by atoms with van der Waals surface area (Å²) in [7, 11) is 0. The number of benzene rings is 1. The van der Waals surface area contributed by atoms with E-state index in [4.69, 9.17) is 16.6 Å². The van der Waals surface area contributed by atoms with Crippen LogP contribution in [0.3, 0.4) is 0 Å². The fourth-order valence-electron chi connectivity index (χ4n) is 2.95. The molecule has 2 aromatic heterocycles. The number of hydrogen-bond donors (Lipinski definition) is 2. The minimum absolute atomic E-state index is 0.0414. The van der Waals surface area contributed by atoms with Crippen molar-refractivity contribution in [3.8, 4) is 11.3 Å². The van der Waals surface area contributed by atoms with Gasteiger partial charge in [0.1, 0.15) is 5.82 Å². The SMILES string of the molecule is Cc1ccc(-c2cnc(CCC(=O)NCCc3n[nH]c(=S)n3C(C)C)o2)cc1. The van der Waals surface area contributed by atoms with Gasteiger partial charge in [0, 0.05) is 37.4 Å². The molecule has 0 aliphatic heterocycles. The van der Waals surface area contributed by atoms with Crippen LogP contribution in [0.5, 0.6) is 0 Å². The molecule has 148 valence electrons. The van der Waals surface area contributed by atoms with Crippen LogP contribution in [0.4, 0.5) is 0 Å². The summed E-state index contributed by atoms with van der Waals surface area (Å²) < 4.78 is 8.32. The van der Waals surface area contributed by atoms with Gasteiger partial charge in [0.25, 0.3) is 0 Å². The molecule has 28 heavy (non-hydrogen) atoms. The number of carbonyl (C=O) groups is 1. The summed E-state index contributed by atoms with van der Waals surface area (Å²) in [4.78, 5) is 16.4. The Bertz CT molecular complexity index is 985. The van der Waals surface area contributed by atoms with Crippen molar-refractivity contribution >= 4 is 18.1 Å². The van der Waals surface area contributed by atoms with E-state index in [0.717, 1.165) is 11.4 Å². The van der Waals surface area contributed by atoms with Gasteiger partial charge in [-0.1, -0.05) is 29.8 Å². The lowest BCUT2D eigenvalue weighted by molar-refractivity contribution is -0.121. The van der Waals surface area contributed by atoms with E-state index in [1.807, 2.05) is 35.8 Å². The summed E-state index contributed by atoms with van der Waals surface area (Å²) in [6, 6.07) is 8.28. The number of nitrogens with one attached hydrogen (secondary N) is 2. The third-order valence-corrected chi connectivity index (χ3v) is 4.71. The molecule has 1 amide bonds. The minimum atomic E-state index is -0.0414. The lowest BCUT2D eigenvalue weighted by atomic mass is 10.1. The Hall–Kier alpha value is -2.74. The first-order valence-electron chi connectivity index (χ1n) is 9.38. The molecular formula is C20H25N5O2S. The van der Waals surface area contributed by atoms with Crippen molar-refractivity contribution in [2.75, 3.05) is 6.54 Å². The second kappa shape index (κ2) is 8.97. The number of rotatable bonds is 8. The fraction of sp³-hybridized carbons (Fsp3) is 0.400. The Labute approximate surface area is 169 Å². The number of hydrogen-bond acceptors (Lipinski definition) is 5. The van der Waals surface area contributed by atoms with Crippen LogP contribution >= 0.6 is 12.2 Å². The molecule has 3 aromatic rings. The fourth-order valence-corrected chi connectivity index (χ4v) is 3.31. The quantitative estimate of drug-likeness (QED) is 0.563. The second-order valence-electron chi connectivity index (χ2n) is 6.99. The topological polar surface area (TPSA) is 88.7 Å². The van der Waals surface area contributed by atoms with Gasteiger partial charge >= 0.3 is 0 Å². The number of aromatic nitrogens is 4. The highest BCUT2D eigenvalue weighted by Gasteiger charge is 2.11. The van der Waals surface area contributed by atoms with Crippen LogP contribution in [0.25, 0.3) is 11.3 Å². The van der Waals surface area contributed by atoms with Crippen LogP contribution < -0.4 is 5.32 Å². The third-order valence-electron chi connectivity index (χ3n) is 4.42. The molecule has 0 saturated carbocycles. The molecule has 0 saturated heterocycles. The molecular weight excluding hydrogens is 374 g/mol. The second-order valence-corrected chi connectivity index (χ2v) is 7.38. The first kappa shape index (κ1) is 20.0. The molecule has 0 aliphatic rings. The average molecular weight is 400 g/mol. The van der Waals surface area contributed by atoms with Gasteiger partial charge < -0.3 is 14.3 Å². The number of oxazole rings is 1. The van der Waals surface area contributed by atoms with Crippen molar-refractivity contribution < 1.29 is 9.21 Å². The Morgan fingerprint density at radius 2 is 2.04 bits per heavy atom. The number of amides is 1. The molecule has 0 spiro atoms. The van der Waals surface area contributed by atoms with E-state index in [-0.39, 0.29) is 11.9 Å². The lowest BCUT2D eigenvalue weighted by Gasteiger charge is -2.10. The van der Waals surface area contributed by atoms with Gasteiger partial charge in [-0.3, -0.25) is 9.89 Å². The number of nitrogens with zero attached hydrogens (tertiary/aromatic N) is 3. The first-order valence-corrected chi connectivity index (χ1v) is 9.79. The minimum Gasteiger partial charge on any atom is -0.441 e. The van der Waals surface area contributed by atoms with E-state index >= 15 is 0 Å². The lowest BCUT2D eigenvalue weighted by Crippen LogP contribution is -2.26. The molecule has 0 aliphatic carbocycles. The molecule has 7 nitrogen and oxygen atoms in total. The Morgan fingerprint density at radius 1 is 1.29 bits per heavy atom. The normalized spacial score (nSPS) is 11.1. The predicted octanol–water partition coefficient (Wildman–Crippen LogP) is 3.78. The number of carbonyl (C=O) groups excluding carboxylic acids is 1. The molecule has 0 bridgehead atoms. The molecule has 2 N–H and O–H groups in total. The zero-order chi connectivity index (χ0) is 20.1. The zero-order valence-corrected chi connectivity index (χ0v) is 17.2. The van der Waals surface area contributed by atoms with Gasteiger partial charge in [-0.05, 0) is 33.0 Å². The maximum atomic E-state index is 12.1. The average Bonchev–Trinajstić information content (AvgIpc) is 3.27. The summed E-state index contributed by atoms with van der Waals surface area (Å²) >= 11 is 5.23. The van der Waals surface area contributed by atoms with Gasteiger partial charge in [0.2, 0.25) is 5.91 Å². The Balaban J connectivity index is 1.46. The van der Waals surface area contributed by atoms with Crippen LogP contribution in [-0.4, -0.2) is 32.2 Å². The highest BCUT2D eigenvalue weighted by Crippen LogP contribution is 2.21. The summed E-state index contributed by atoms with van der Waals surface area (Å²) in [5, 5.41) is 9.95. The van der Waals surface area contributed by atoms with E-state index in [0.29, 0.717) is 42.2 Å². The largest absolute Gasteiger partial charge is 0.441 e. The van der Waals surface area contributed by atoms with Gasteiger partial charge in [-0.15, -0.1) is 0 Å². The molecule has 3 rings (SSSR count). The maximum absolute atomic E-state index is 12.1. The van der Waals surface area contributed by atoms with E-state index < -0.39 is 0 Å². The van der Waals surface area contributed by atoms with Gasteiger partial charge in [0.15, 0.2) is 16.4 Å². The molecule has 8 heteroatoms.